The van der Waals surface area contributed by atoms with Crippen molar-refractivity contribution in [2.24, 2.45) is 38.7 Å². The molecule has 0 saturated carbocycles. The number of primary amides is 1. The standard InChI is InChI=1S/C34H50BrN13O5S/c35-19-11-12-24-20(17-19)27-28(54-24)32(53)47-25(46-27)18-48-16-6-9-23(48)31(52)41-13-3-1-2-10-26(49)44-22(8-5-15-43-34(39)40)30(51)45-21(29(36)50)7-4-14-42-33(37)38/h11-12,17,21-23H,1-10,13-16,18H2,(H2,36,50)(H,41,52)(H,44,49)(H,45,51)(H4,37,38,42)(H4,39,40,43)(H,46,47,53)/t21?,22-,23-/m1/s1. The number of nitrogens with two attached hydrogens (primary N) is 5. The summed E-state index contributed by atoms with van der Waals surface area (Å²) >= 11 is 4.91. The van der Waals surface area contributed by atoms with Crippen LogP contribution in [0.5, 0.6) is 0 Å². The number of aromatic nitrogens is 2. The van der Waals surface area contributed by atoms with Crippen LogP contribution in [0, 0.1) is 0 Å². The van der Waals surface area contributed by atoms with Crippen LogP contribution < -0.4 is 50.2 Å². The SMILES string of the molecule is NC(=O)C(CCCN=C(N)N)NC(=O)[C@@H](CCCN=C(N)N)NC(=O)CCCCCNC(=O)[C@H]1CCCN1Cc1nc2c(sc3ccc(Br)cc32)c(=O)[nH]1. The van der Waals surface area contributed by atoms with E-state index in [0.29, 0.717) is 74.2 Å². The number of nitrogens with zero attached hydrogens (tertiary/aromatic N) is 4. The molecule has 4 amide bonds. The van der Waals surface area contributed by atoms with Gasteiger partial charge in [-0.1, -0.05) is 22.4 Å². The van der Waals surface area contributed by atoms with Gasteiger partial charge in [0.25, 0.3) is 5.56 Å². The summed E-state index contributed by atoms with van der Waals surface area (Å²) in [5, 5.41) is 9.30. The van der Waals surface area contributed by atoms with Crippen molar-refractivity contribution < 1.29 is 19.2 Å². The number of likely N-dealkylation sites (tertiary alicyclic amines) is 1. The van der Waals surface area contributed by atoms with Crippen LogP contribution in [-0.2, 0) is 25.7 Å². The molecule has 14 N–H and O–H groups in total. The molecule has 20 heteroatoms. The number of H-pyrrole nitrogens is 1. The molecule has 1 aromatic carbocycles. The largest absolute Gasteiger partial charge is 0.370 e. The number of rotatable bonds is 21. The molecule has 0 radical (unpaired) electrons. The summed E-state index contributed by atoms with van der Waals surface area (Å²) in [5.41, 5.74) is 27.4. The van der Waals surface area contributed by atoms with Crippen molar-refractivity contribution in [3.63, 3.8) is 0 Å². The van der Waals surface area contributed by atoms with Gasteiger partial charge in [0.2, 0.25) is 23.6 Å². The molecule has 0 spiro atoms. The van der Waals surface area contributed by atoms with Crippen molar-refractivity contribution in [2.75, 3.05) is 26.2 Å². The minimum atomic E-state index is -0.977. The van der Waals surface area contributed by atoms with E-state index in [1.54, 1.807) is 0 Å². The third-order valence-electron chi connectivity index (χ3n) is 8.94. The predicted molar refractivity (Wildman–Crippen MR) is 213 cm³/mol. The minimum Gasteiger partial charge on any atom is -0.370 e. The first-order valence-electron chi connectivity index (χ1n) is 17.9. The number of hydrogen-bond donors (Lipinski definition) is 9. The van der Waals surface area contributed by atoms with Crippen LogP contribution in [0.25, 0.3) is 20.3 Å². The molecule has 294 valence electrons. The highest BCUT2D eigenvalue weighted by atomic mass is 79.9. The second-order valence-corrected chi connectivity index (χ2v) is 15.1. The van der Waals surface area contributed by atoms with Crippen LogP contribution in [0.3, 0.4) is 0 Å². The highest BCUT2D eigenvalue weighted by Crippen LogP contribution is 2.32. The number of aliphatic imine (C=N–C) groups is 2. The summed E-state index contributed by atoms with van der Waals surface area (Å²) in [7, 11) is 0. The molecule has 1 fully saturated rings. The highest BCUT2D eigenvalue weighted by Gasteiger charge is 2.31. The van der Waals surface area contributed by atoms with Gasteiger partial charge in [-0.25, -0.2) is 4.98 Å². The lowest BCUT2D eigenvalue weighted by atomic mass is 10.1. The summed E-state index contributed by atoms with van der Waals surface area (Å²) in [4.78, 5) is 81.6. The van der Waals surface area contributed by atoms with Crippen molar-refractivity contribution >= 4 is 83.1 Å². The van der Waals surface area contributed by atoms with E-state index < -0.39 is 23.9 Å². The third-order valence-corrected chi connectivity index (χ3v) is 10.6. The molecule has 2 aromatic heterocycles. The number of halogens is 1. The fourth-order valence-electron chi connectivity index (χ4n) is 6.27. The lowest BCUT2D eigenvalue weighted by Crippen LogP contribution is -2.53. The van der Waals surface area contributed by atoms with Gasteiger partial charge in [-0.05, 0) is 76.1 Å². The number of carbonyl (C=O) groups excluding carboxylic acids is 4. The number of fused-ring (bicyclic) bond motifs is 3. The van der Waals surface area contributed by atoms with E-state index in [0.717, 1.165) is 21.0 Å². The monoisotopic (exact) mass is 831 g/mol. The first-order valence-corrected chi connectivity index (χ1v) is 19.6. The number of amides is 4. The number of aromatic amines is 1. The Balaban J connectivity index is 1.22. The fourth-order valence-corrected chi connectivity index (χ4v) is 7.65. The Hall–Kier alpha value is -4.82. The summed E-state index contributed by atoms with van der Waals surface area (Å²) in [6.07, 6.45) is 4.79. The Morgan fingerprint density at radius 1 is 0.963 bits per heavy atom. The number of unbranched alkanes of at least 4 members (excludes halogenated alkanes) is 2. The molecule has 3 atom stereocenters. The van der Waals surface area contributed by atoms with E-state index >= 15 is 0 Å². The van der Waals surface area contributed by atoms with Crippen LogP contribution >= 0.6 is 27.3 Å². The molecule has 54 heavy (non-hydrogen) atoms. The van der Waals surface area contributed by atoms with Crippen molar-refractivity contribution in [1.29, 1.82) is 0 Å². The van der Waals surface area contributed by atoms with Gasteiger partial charge in [0.05, 0.1) is 18.1 Å². The Bertz CT molecular complexity index is 1910. The van der Waals surface area contributed by atoms with E-state index in [1.165, 1.54) is 11.3 Å². The number of thiophene rings is 1. The Morgan fingerprint density at radius 3 is 2.35 bits per heavy atom. The Morgan fingerprint density at radius 2 is 1.67 bits per heavy atom. The zero-order chi connectivity index (χ0) is 39.2. The maximum absolute atomic E-state index is 13.2. The van der Waals surface area contributed by atoms with Gasteiger partial charge in [0, 0.05) is 40.6 Å². The number of carbonyl (C=O) groups is 4. The molecule has 1 aliphatic heterocycles. The van der Waals surface area contributed by atoms with Gasteiger partial charge in [0.15, 0.2) is 11.9 Å². The average molecular weight is 833 g/mol. The molecular formula is C34H50BrN13O5S. The average Bonchev–Trinajstić information content (AvgIpc) is 3.73. The molecule has 0 aliphatic carbocycles. The summed E-state index contributed by atoms with van der Waals surface area (Å²) in [6, 6.07) is 3.60. The van der Waals surface area contributed by atoms with Gasteiger partial charge in [0.1, 0.15) is 22.6 Å². The van der Waals surface area contributed by atoms with E-state index in [-0.39, 0.29) is 67.7 Å². The van der Waals surface area contributed by atoms with Crippen molar-refractivity contribution in [3.05, 3.63) is 38.9 Å². The summed E-state index contributed by atoms with van der Waals surface area (Å²) in [5.74, 6) is -1.35. The second-order valence-electron chi connectivity index (χ2n) is 13.1. The number of benzene rings is 1. The van der Waals surface area contributed by atoms with Gasteiger partial charge in [-0.3, -0.25) is 38.9 Å². The smallest absolute Gasteiger partial charge is 0.268 e. The van der Waals surface area contributed by atoms with Crippen LogP contribution in [0.4, 0.5) is 0 Å². The van der Waals surface area contributed by atoms with Gasteiger partial charge in [-0.2, -0.15) is 0 Å². The second kappa shape index (κ2) is 20.6. The van der Waals surface area contributed by atoms with Crippen LogP contribution in [0.2, 0.25) is 0 Å². The van der Waals surface area contributed by atoms with Gasteiger partial charge >= 0.3 is 0 Å². The number of nitrogens with one attached hydrogen (secondary N) is 4. The molecule has 18 nitrogen and oxygen atoms in total. The number of guanidine groups is 2. The lowest BCUT2D eigenvalue weighted by Gasteiger charge is -2.23. The Kier molecular flexibility index (Phi) is 16.0. The van der Waals surface area contributed by atoms with E-state index in [2.05, 4.69) is 46.8 Å². The first-order chi connectivity index (χ1) is 25.8. The zero-order valence-electron chi connectivity index (χ0n) is 30.1. The highest BCUT2D eigenvalue weighted by molar-refractivity contribution is 9.10. The van der Waals surface area contributed by atoms with E-state index in [4.69, 9.17) is 33.7 Å². The van der Waals surface area contributed by atoms with Gasteiger partial charge in [-0.15, -0.1) is 11.3 Å². The predicted octanol–water partition coefficient (Wildman–Crippen LogP) is 0.103. The number of hydrogen-bond acceptors (Lipinski definition) is 10. The maximum atomic E-state index is 13.2. The molecule has 1 saturated heterocycles. The summed E-state index contributed by atoms with van der Waals surface area (Å²) < 4.78 is 2.46. The van der Waals surface area contributed by atoms with E-state index in [1.807, 2.05) is 23.1 Å². The fraction of sp³-hybridized carbons (Fsp3) is 0.529. The summed E-state index contributed by atoms with van der Waals surface area (Å²) in [6.45, 7) is 2.00. The van der Waals surface area contributed by atoms with Crippen molar-refractivity contribution in [3.8, 4) is 0 Å². The molecular weight excluding hydrogens is 782 g/mol. The molecule has 0 bridgehead atoms. The quantitative estimate of drug-likeness (QED) is 0.0394. The topological polar surface area (TPSA) is 308 Å². The lowest BCUT2D eigenvalue weighted by molar-refractivity contribution is -0.131. The van der Waals surface area contributed by atoms with Crippen LogP contribution in [0.1, 0.15) is 70.0 Å². The zero-order valence-corrected chi connectivity index (χ0v) is 32.5. The normalized spacial score (nSPS) is 15.4. The third kappa shape index (κ3) is 12.7. The molecule has 3 aromatic rings. The van der Waals surface area contributed by atoms with Gasteiger partial charge < -0.3 is 49.6 Å². The van der Waals surface area contributed by atoms with Crippen molar-refractivity contribution in [2.45, 2.75) is 88.9 Å². The molecule has 1 unspecified atom stereocenters. The van der Waals surface area contributed by atoms with Crippen molar-refractivity contribution in [1.82, 2.24) is 30.8 Å². The van der Waals surface area contributed by atoms with E-state index in [9.17, 15) is 24.0 Å². The maximum Gasteiger partial charge on any atom is 0.268 e. The first kappa shape index (κ1) is 41.9. The Labute approximate surface area is 324 Å². The molecule has 4 rings (SSSR count). The van der Waals surface area contributed by atoms with Crippen LogP contribution in [-0.4, -0.2) is 94.7 Å². The minimum absolute atomic E-state index is 0.0841. The molecule has 1 aliphatic rings. The molecule has 3 heterocycles. The van der Waals surface area contributed by atoms with Crippen LogP contribution in [0.15, 0.2) is 37.5 Å².